The number of aromatic nitrogens is 1. The lowest BCUT2D eigenvalue weighted by Gasteiger charge is -2.20. The molecule has 2 aromatic carbocycles. The maximum atomic E-state index is 13.1. The third-order valence-electron chi connectivity index (χ3n) is 6.38. The zero-order valence-corrected chi connectivity index (χ0v) is 20.1. The first-order valence-electron chi connectivity index (χ1n) is 11.8. The fraction of sp³-hybridized carbons (Fsp3) is 0.423. The Hall–Kier alpha value is -2.64. The molecule has 1 amide bonds. The van der Waals surface area contributed by atoms with Gasteiger partial charge in [0.25, 0.3) is 0 Å². The Morgan fingerprint density at radius 1 is 0.970 bits per heavy atom. The van der Waals surface area contributed by atoms with Crippen LogP contribution in [-0.2, 0) is 27.8 Å². The molecule has 3 aromatic rings. The number of fused-ring (bicyclic) bond motifs is 1. The minimum atomic E-state index is -3.47. The van der Waals surface area contributed by atoms with Gasteiger partial charge in [-0.05, 0) is 56.0 Å². The molecule has 0 radical (unpaired) electrons. The molecule has 0 bridgehead atoms. The summed E-state index contributed by atoms with van der Waals surface area (Å²) in [5.74, 6) is 0.0179. The van der Waals surface area contributed by atoms with Crippen LogP contribution in [0.5, 0.6) is 0 Å². The Labute approximate surface area is 196 Å². The van der Waals surface area contributed by atoms with E-state index in [2.05, 4.69) is 36.5 Å². The lowest BCUT2D eigenvalue weighted by molar-refractivity contribution is -0.121. The van der Waals surface area contributed by atoms with Crippen LogP contribution in [0.25, 0.3) is 10.9 Å². The van der Waals surface area contributed by atoms with E-state index in [-0.39, 0.29) is 5.91 Å². The number of hydrogen-bond donors (Lipinski definition) is 1. The molecule has 1 aliphatic rings. The van der Waals surface area contributed by atoms with E-state index in [1.165, 1.54) is 11.1 Å². The molecule has 0 aliphatic carbocycles. The van der Waals surface area contributed by atoms with Gasteiger partial charge in [-0.1, -0.05) is 42.7 Å². The topological polar surface area (TPSA) is 71.4 Å². The van der Waals surface area contributed by atoms with E-state index in [0.29, 0.717) is 37.5 Å². The summed E-state index contributed by atoms with van der Waals surface area (Å²) in [6.45, 7) is 4.43. The standard InChI is InChI=1S/C26H33N3O3S/c1-21-6-8-22(9-7-21)12-15-27-26(30)14-19-28-18-13-23-20-24(10-11-25(23)28)33(31,32)29-16-4-2-3-5-17-29/h6-11,13,18,20H,2-5,12,14-17,19H2,1H3,(H,27,30). The second kappa shape index (κ2) is 10.5. The van der Waals surface area contributed by atoms with Gasteiger partial charge in [0.15, 0.2) is 0 Å². The predicted molar refractivity (Wildman–Crippen MR) is 132 cm³/mol. The Morgan fingerprint density at radius 2 is 1.70 bits per heavy atom. The molecule has 0 unspecified atom stereocenters. The van der Waals surface area contributed by atoms with Crippen LogP contribution in [-0.4, -0.2) is 42.8 Å². The molecule has 33 heavy (non-hydrogen) atoms. The quantitative estimate of drug-likeness (QED) is 0.538. The number of aryl methyl sites for hydroxylation is 2. The highest BCUT2D eigenvalue weighted by molar-refractivity contribution is 7.89. The van der Waals surface area contributed by atoms with Crippen molar-refractivity contribution in [3.05, 3.63) is 65.9 Å². The van der Waals surface area contributed by atoms with Crippen LogP contribution in [0.15, 0.2) is 59.6 Å². The number of carbonyl (C=O) groups excluding carboxylic acids is 1. The molecule has 0 saturated carbocycles. The first-order chi connectivity index (χ1) is 15.9. The smallest absolute Gasteiger partial charge is 0.243 e. The van der Waals surface area contributed by atoms with Gasteiger partial charge in [-0.25, -0.2) is 8.42 Å². The molecule has 7 heteroatoms. The lowest BCUT2D eigenvalue weighted by Crippen LogP contribution is -2.31. The molecule has 176 valence electrons. The maximum absolute atomic E-state index is 13.1. The number of rotatable bonds is 8. The molecule has 0 atom stereocenters. The number of amides is 1. The fourth-order valence-electron chi connectivity index (χ4n) is 4.38. The van der Waals surface area contributed by atoms with Crippen molar-refractivity contribution in [1.29, 1.82) is 0 Å². The number of nitrogens with one attached hydrogen (secondary N) is 1. The number of hydrogen-bond acceptors (Lipinski definition) is 3. The summed E-state index contributed by atoms with van der Waals surface area (Å²) in [6.07, 6.45) is 7.14. The molecular formula is C26H33N3O3S. The Morgan fingerprint density at radius 3 is 2.42 bits per heavy atom. The highest BCUT2D eigenvalue weighted by atomic mass is 32.2. The van der Waals surface area contributed by atoms with Crippen molar-refractivity contribution in [2.24, 2.45) is 0 Å². The molecule has 2 heterocycles. The molecular weight excluding hydrogens is 434 g/mol. The summed E-state index contributed by atoms with van der Waals surface area (Å²) in [7, 11) is -3.47. The van der Waals surface area contributed by atoms with Gasteiger partial charge >= 0.3 is 0 Å². The summed E-state index contributed by atoms with van der Waals surface area (Å²) in [5.41, 5.74) is 3.38. The van der Waals surface area contributed by atoms with E-state index in [0.717, 1.165) is 43.0 Å². The average molecular weight is 468 g/mol. The monoisotopic (exact) mass is 467 g/mol. The molecule has 1 saturated heterocycles. The highest BCUT2D eigenvalue weighted by Crippen LogP contribution is 2.25. The van der Waals surface area contributed by atoms with Crippen molar-refractivity contribution in [2.45, 2.75) is 56.9 Å². The first-order valence-corrected chi connectivity index (χ1v) is 13.3. The van der Waals surface area contributed by atoms with Crippen molar-refractivity contribution < 1.29 is 13.2 Å². The Kier molecular flexibility index (Phi) is 7.50. The predicted octanol–water partition coefficient (Wildman–Crippen LogP) is 4.26. The molecule has 4 rings (SSSR count). The van der Waals surface area contributed by atoms with Crippen molar-refractivity contribution in [3.8, 4) is 0 Å². The zero-order valence-electron chi connectivity index (χ0n) is 19.3. The number of nitrogens with zero attached hydrogens (tertiary/aromatic N) is 2. The van der Waals surface area contributed by atoms with Gasteiger partial charge in [0.1, 0.15) is 0 Å². The van der Waals surface area contributed by atoms with E-state index < -0.39 is 10.0 Å². The van der Waals surface area contributed by atoms with Crippen LogP contribution >= 0.6 is 0 Å². The summed E-state index contributed by atoms with van der Waals surface area (Å²) >= 11 is 0. The van der Waals surface area contributed by atoms with Crippen molar-refractivity contribution in [3.63, 3.8) is 0 Å². The fourth-order valence-corrected chi connectivity index (χ4v) is 5.93. The molecule has 1 aromatic heterocycles. The first kappa shape index (κ1) is 23.5. The molecule has 1 aliphatic heterocycles. The average Bonchev–Trinajstić information content (AvgIpc) is 3.01. The van der Waals surface area contributed by atoms with Crippen LogP contribution in [0, 0.1) is 6.92 Å². The largest absolute Gasteiger partial charge is 0.356 e. The van der Waals surface area contributed by atoms with Crippen molar-refractivity contribution in [1.82, 2.24) is 14.2 Å². The second-order valence-electron chi connectivity index (χ2n) is 8.88. The van der Waals surface area contributed by atoms with Gasteiger partial charge in [-0.15, -0.1) is 0 Å². The van der Waals surface area contributed by atoms with E-state index >= 15 is 0 Å². The number of carbonyl (C=O) groups is 1. The van der Waals surface area contributed by atoms with E-state index in [9.17, 15) is 13.2 Å². The normalized spacial score (nSPS) is 15.4. The van der Waals surface area contributed by atoms with Gasteiger partial charge in [-0.3, -0.25) is 4.79 Å². The summed E-state index contributed by atoms with van der Waals surface area (Å²) < 4.78 is 29.8. The third kappa shape index (κ3) is 5.84. The minimum Gasteiger partial charge on any atom is -0.356 e. The van der Waals surface area contributed by atoms with Gasteiger partial charge in [0, 0.05) is 49.7 Å². The summed E-state index contributed by atoms with van der Waals surface area (Å²) in [4.78, 5) is 12.6. The zero-order chi connectivity index (χ0) is 23.3. The number of sulfonamides is 1. The van der Waals surface area contributed by atoms with E-state index in [1.54, 1.807) is 16.4 Å². The molecule has 0 spiro atoms. The number of benzene rings is 2. The molecule has 1 fully saturated rings. The SMILES string of the molecule is Cc1ccc(CCNC(=O)CCn2ccc3cc(S(=O)(=O)N4CCCCCC4)ccc32)cc1. The summed E-state index contributed by atoms with van der Waals surface area (Å²) in [5, 5.41) is 3.87. The Balaban J connectivity index is 1.34. The van der Waals surface area contributed by atoms with Gasteiger partial charge in [0.2, 0.25) is 15.9 Å². The van der Waals surface area contributed by atoms with Crippen LogP contribution in [0.3, 0.4) is 0 Å². The second-order valence-corrected chi connectivity index (χ2v) is 10.8. The van der Waals surface area contributed by atoms with Crippen molar-refractivity contribution in [2.75, 3.05) is 19.6 Å². The van der Waals surface area contributed by atoms with E-state index in [1.807, 2.05) is 22.9 Å². The van der Waals surface area contributed by atoms with Gasteiger partial charge < -0.3 is 9.88 Å². The van der Waals surface area contributed by atoms with E-state index in [4.69, 9.17) is 0 Å². The maximum Gasteiger partial charge on any atom is 0.243 e. The highest BCUT2D eigenvalue weighted by Gasteiger charge is 2.25. The van der Waals surface area contributed by atoms with Crippen LogP contribution < -0.4 is 5.32 Å². The molecule has 6 nitrogen and oxygen atoms in total. The lowest BCUT2D eigenvalue weighted by atomic mass is 10.1. The minimum absolute atomic E-state index is 0.0179. The van der Waals surface area contributed by atoms with Crippen LogP contribution in [0.4, 0.5) is 0 Å². The van der Waals surface area contributed by atoms with Gasteiger partial charge in [0.05, 0.1) is 4.90 Å². The Bertz CT molecular complexity index is 1190. The molecule has 1 N–H and O–H groups in total. The van der Waals surface area contributed by atoms with Gasteiger partial charge in [-0.2, -0.15) is 4.31 Å². The van der Waals surface area contributed by atoms with Crippen LogP contribution in [0.2, 0.25) is 0 Å². The van der Waals surface area contributed by atoms with Crippen LogP contribution in [0.1, 0.15) is 43.2 Å². The van der Waals surface area contributed by atoms with Crippen molar-refractivity contribution >= 4 is 26.8 Å². The summed E-state index contributed by atoms with van der Waals surface area (Å²) in [6, 6.07) is 15.6. The third-order valence-corrected chi connectivity index (χ3v) is 8.28.